The summed E-state index contributed by atoms with van der Waals surface area (Å²) in [5.74, 6) is 0.479. The normalized spacial score (nSPS) is 23.4. The highest BCUT2D eigenvalue weighted by atomic mass is 16.6. The molecule has 2 atom stereocenters. The lowest BCUT2D eigenvalue weighted by molar-refractivity contribution is -0.0584. The average molecular weight is 366 g/mol. The summed E-state index contributed by atoms with van der Waals surface area (Å²) in [6, 6.07) is -1.10. The maximum atomic E-state index is 12.0. The number of nitrogens with one attached hydrogen (secondary N) is 1. The number of hydrogen-bond acceptors (Lipinski definition) is 8. The van der Waals surface area contributed by atoms with E-state index >= 15 is 0 Å². The molecule has 0 spiro atoms. The van der Waals surface area contributed by atoms with Crippen molar-refractivity contribution in [1.82, 2.24) is 25.5 Å². The van der Waals surface area contributed by atoms with Crippen molar-refractivity contribution in [3.05, 3.63) is 5.89 Å². The van der Waals surface area contributed by atoms with Gasteiger partial charge in [0.15, 0.2) is 0 Å². The van der Waals surface area contributed by atoms with Crippen LogP contribution in [-0.2, 0) is 4.74 Å². The second-order valence-corrected chi connectivity index (χ2v) is 7.27. The van der Waals surface area contributed by atoms with Gasteiger partial charge in [-0.15, -0.1) is 5.10 Å². The Bertz CT molecular complexity index is 739. The summed E-state index contributed by atoms with van der Waals surface area (Å²) < 4.78 is 10.6. The highest BCUT2D eigenvalue weighted by Gasteiger charge is 2.46. The molecular weight excluding hydrogens is 344 g/mol. The van der Waals surface area contributed by atoms with E-state index in [2.05, 4.69) is 20.5 Å². The Labute approximate surface area is 150 Å². The number of hydrogen-bond donors (Lipinski definition) is 2. The minimum atomic E-state index is -0.637. The van der Waals surface area contributed by atoms with Gasteiger partial charge in [-0.25, -0.2) is 14.7 Å². The first-order chi connectivity index (χ1) is 12.1. The number of aromatic nitrogens is 2. The number of alkyl carbamates (subject to hydrolysis) is 1. The largest absolute Gasteiger partial charge is 0.444 e. The maximum Gasteiger partial charge on any atom is 0.413 e. The predicted octanol–water partition coefficient (Wildman–Crippen LogP) is 1.97. The maximum absolute atomic E-state index is 12.0. The zero-order chi connectivity index (χ0) is 19.1. The number of fused-ring (bicyclic) bond motifs is 2. The van der Waals surface area contributed by atoms with Gasteiger partial charge in [0.1, 0.15) is 17.5 Å². The Hall–Kier alpha value is -2.69. The summed E-state index contributed by atoms with van der Waals surface area (Å²) in [6.07, 6.45) is 0.611. The standard InChI is InChI=1S/C15H22N6O5/c1-8(17-13(22)26-15(2,3)4)16-12-19-18-11(25-12)10-6-5-9-7-20(10)14(23)21(9)24/h9-10,24H,5-7H2,1-4H3,(H,16,17,19,22). The van der Waals surface area contributed by atoms with Crippen LogP contribution in [0.2, 0.25) is 0 Å². The third-order valence-corrected chi connectivity index (χ3v) is 4.00. The smallest absolute Gasteiger partial charge is 0.413 e. The topological polar surface area (TPSA) is 133 Å². The first-order valence-corrected chi connectivity index (χ1v) is 8.31. The average Bonchev–Trinajstić information content (AvgIpc) is 3.06. The van der Waals surface area contributed by atoms with Gasteiger partial charge in [-0.3, -0.25) is 10.5 Å². The third-order valence-electron chi connectivity index (χ3n) is 4.00. The first kappa shape index (κ1) is 18.1. The molecule has 11 heteroatoms. The van der Waals surface area contributed by atoms with Gasteiger partial charge in [-0.2, -0.15) is 4.99 Å². The molecule has 11 nitrogen and oxygen atoms in total. The van der Waals surface area contributed by atoms with Crippen molar-refractivity contribution in [3.8, 4) is 0 Å². The first-order valence-electron chi connectivity index (χ1n) is 8.31. The van der Waals surface area contributed by atoms with Crippen molar-refractivity contribution in [2.75, 3.05) is 6.54 Å². The summed E-state index contributed by atoms with van der Waals surface area (Å²) in [7, 11) is 0. The molecule has 0 saturated carbocycles. The SMILES string of the molecule is CC(=Nc1nnc(C2CCC3CN2C(=O)N3O)o1)NC(=O)OC(C)(C)C. The number of nitrogens with zero attached hydrogens (tertiary/aromatic N) is 5. The zero-order valence-electron chi connectivity index (χ0n) is 15.1. The molecule has 2 aliphatic heterocycles. The molecule has 0 aliphatic carbocycles. The van der Waals surface area contributed by atoms with Gasteiger partial charge in [-0.05, 0) is 40.5 Å². The third kappa shape index (κ3) is 3.77. The van der Waals surface area contributed by atoms with Gasteiger partial charge < -0.3 is 14.1 Å². The summed E-state index contributed by atoms with van der Waals surface area (Å²) in [5.41, 5.74) is -0.621. The molecule has 2 unspecified atom stereocenters. The number of aliphatic imine (C=N–C) groups is 1. The number of carbonyl (C=O) groups excluding carboxylic acids is 2. The molecule has 1 aromatic heterocycles. The summed E-state index contributed by atoms with van der Waals surface area (Å²) >= 11 is 0. The molecule has 3 heterocycles. The van der Waals surface area contributed by atoms with E-state index in [9.17, 15) is 14.8 Å². The number of rotatable bonds is 2. The van der Waals surface area contributed by atoms with Crippen molar-refractivity contribution in [2.24, 2.45) is 4.99 Å². The van der Waals surface area contributed by atoms with Gasteiger partial charge in [-0.1, -0.05) is 5.10 Å². The Morgan fingerprint density at radius 2 is 2.12 bits per heavy atom. The van der Waals surface area contributed by atoms with E-state index < -0.39 is 23.8 Å². The molecule has 26 heavy (non-hydrogen) atoms. The summed E-state index contributed by atoms with van der Waals surface area (Å²) in [6.45, 7) is 7.24. The monoisotopic (exact) mass is 366 g/mol. The van der Waals surface area contributed by atoms with E-state index in [4.69, 9.17) is 9.15 Å². The quantitative estimate of drug-likeness (QED) is 0.464. The minimum Gasteiger partial charge on any atom is -0.444 e. The van der Waals surface area contributed by atoms with Gasteiger partial charge in [0.05, 0.1) is 6.04 Å². The van der Waals surface area contributed by atoms with Crippen molar-refractivity contribution in [2.45, 2.75) is 58.2 Å². The van der Waals surface area contributed by atoms with Crippen LogP contribution in [0.3, 0.4) is 0 Å². The molecule has 1 aromatic rings. The van der Waals surface area contributed by atoms with Crippen molar-refractivity contribution < 1.29 is 24.0 Å². The van der Waals surface area contributed by atoms with Crippen LogP contribution in [0.15, 0.2) is 9.41 Å². The fraction of sp³-hybridized carbons (Fsp3) is 0.667. The molecule has 0 radical (unpaired) electrons. The molecule has 2 N–H and O–H groups in total. The number of piperidine rings is 1. The van der Waals surface area contributed by atoms with Gasteiger partial charge in [0.2, 0.25) is 5.89 Å². The molecule has 3 amide bonds. The Morgan fingerprint density at radius 1 is 1.38 bits per heavy atom. The second-order valence-electron chi connectivity index (χ2n) is 7.27. The number of amidine groups is 1. The summed E-state index contributed by atoms with van der Waals surface area (Å²) in [4.78, 5) is 29.3. The number of carbonyl (C=O) groups is 2. The van der Waals surface area contributed by atoms with Crippen molar-refractivity contribution >= 4 is 24.0 Å². The van der Waals surface area contributed by atoms with Crippen LogP contribution in [0.5, 0.6) is 0 Å². The lowest BCUT2D eigenvalue weighted by Crippen LogP contribution is -2.35. The second kappa shape index (κ2) is 6.56. The van der Waals surface area contributed by atoms with Crippen molar-refractivity contribution in [3.63, 3.8) is 0 Å². The number of amides is 3. The van der Waals surface area contributed by atoms with Crippen LogP contribution in [0, 0.1) is 0 Å². The van der Waals surface area contributed by atoms with Crippen LogP contribution in [0.25, 0.3) is 0 Å². The van der Waals surface area contributed by atoms with E-state index in [0.717, 1.165) is 5.06 Å². The van der Waals surface area contributed by atoms with E-state index in [0.29, 0.717) is 19.4 Å². The lowest BCUT2D eigenvalue weighted by atomic mass is 10.0. The minimum absolute atomic E-state index is 0.0387. The van der Waals surface area contributed by atoms with Crippen LogP contribution < -0.4 is 5.32 Å². The molecule has 0 aromatic carbocycles. The Kier molecular flexibility index (Phi) is 4.57. The molecule has 2 saturated heterocycles. The van der Waals surface area contributed by atoms with Crippen molar-refractivity contribution in [1.29, 1.82) is 0 Å². The molecule has 2 fully saturated rings. The number of hydroxylamine groups is 2. The van der Waals surface area contributed by atoms with Gasteiger partial charge in [0.25, 0.3) is 0 Å². The number of ether oxygens (including phenoxy) is 1. The highest BCUT2D eigenvalue weighted by Crippen LogP contribution is 2.37. The highest BCUT2D eigenvalue weighted by molar-refractivity contribution is 5.94. The van der Waals surface area contributed by atoms with E-state index in [1.54, 1.807) is 27.7 Å². The van der Waals surface area contributed by atoms with E-state index in [1.165, 1.54) is 4.90 Å². The fourth-order valence-corrected chi connectivity index (χ4v) is 2.94. The molecule has 142 valence electrons. The van der Waals surface area contributed by atoms with Crippen LogP contribution >= 0.6 is 0 Å². The van der Waals surface area contributed by atoms with Gasteiger partial charge in [0, 0.05) is 6.54 Å². The van der Waals surface area contributed by atoms with Crippen LogP contribution in [0.1, 0.15) is 52.5 Å². The van der Waals surface area contributed by atoms with E-state index in [1.807, 2.05) is 0 Å². The zero-order valence-corrected chi connectivity index (χ0v) is 15.1. The Morgan fingerprint density at radius 3 is 2.81 bits per heavy atom. The van der Waals surface area contributed by atoms with E-state index in [-0.39, 0.29) is 23.8 Å². The predicted molar refractivity (Wildman–Crippen MR) is 87.9 cm³/mol. The fourth-order valence-electron chi connectivity index (χ4n) is 2.94. The van der Waals surface area contributed by atoms with Gasteiger partial charge >= 0.3 is 18.1 Å². The Balaban J connectivity index is 1.66. The molecule has 3 rings (SSSR count). The van der Waals surface area contributed by atoms with Crippen LogP contribution in [-0.4, -0.2) is 61.5 Å². The lowest BCUT2D eigenvalue weighted by Gasteiger charge is -2.27. The number of urea groups is 1. The van der Waals surface area contributed by atoms with Crippen LogP contribution in [0.4, 0.5) is 15.6 Å². The summed E-state index contributed by atoms with van der Waals surface area (Å²) in [5, 5.41) is 20.7. The molecule has 2 bridgehead atoms. The molecule has 2 aliphatic rings. The molecular formula is C15H22N6O5.